The summed E-state index contributed by atoms with van der Waals surface area (Å²) in [6, 6.07) is 1.35. The van der Waals surface area contributed by atoms with E-state index < -0.39 is 29.9 Å². The summed E-state index contributed by atoms with van der Waals surface area (Å²) in [6.45, 7) is 0. The number of methoxy groups -OCH3 is 1. The van der Waals surface area contributed by atoms with E-state index >= 15 is 0 Å². The van der Waals surface area contributed by atoms with Gasteiger partial charge < -0.3 is 20.9 Å². The minimum absolute atomic E-state index is 0.0507. The Morgan fingerprint density at radius 2 is 2.20 bits per heavy atom. The molecule has 1 rings (SSSR count). The van der Waals surface area contributed by atoms with Crippen LogP contribution in [0.4, 0.5) is 0 Å². The lowest BCUT2D eigenvalue weighted by Gasteiger charge is -2.16. The molecule has 0 aliphatic heterocycles. The zero-order valence-electron chi connectivity index (χ0n) is 10.9. The van der Waals surface area contributed by atoms with Gasteiger partial charge in [0.05, 0.1) is 7.11 Å². The molecule has 110 valence electrons. The van der Waals surface area contributed by atoms with E-state index in [4.69, 9.17) is 10.8 Å². The SMILES string of the molecule is COC(=O)CC[C@H](NC(=O)C(N)c1cccs1)C(=O)O. The van der Waals surface area contributed by atoms with Crippen LogP contribution in [-0.2, 0) is 19.1 Å². The van der Waals surface area contributed by atoms with Crippen LogP contribution >= 0.6 is 11.3 Å². The van der Waals surface area contributed by atoms with Crippen molar-refractivity contribution in [3.05, 3.63) is 22.4 Å². The van der Waals surface area contributed by atoms with Gasteiger partial charge in [0.25, 0.3) is 0 Å². The molecular formula is C12H16N2O5S. The highest BCUT2D eigenvalue weighted by Gasteiger charge is 2.25. The Hall–Kier alpha value is -1.93. The predicted octanol–water partition coefficient (Wildman–Crippen LogP) is 0.270. The number of thiophene rings is 1. The molecular weight excluding hydrogens is 284 g/mol. The van der Waals surface area contributed by atoms with Crippen LogP contribution in [-0.4, -0.2) is 36.1 Å². The van der Waals surface area contributed by atoms with E-state index in [0.29, 0.717) is 4.88 Å². The van der Waals surface area contributed by atoms with Crippen LogP contribution < -0.4 is 11.1 Å². The molecule has 0 aliphatic rings. The molecule has 8 heteroatoms. The first-order chi connectivity index (χ1) is 9.45. The molecule has 1 heterocycles. The molecule has 0 aromatic carbocycles. The van der Waals surface area contributed by atoms with Crippen molar-refractivity contribution < 1.29 is 24.2 Å². The van der Waals surface area contributed by atoms with Crippen LogP contribution in [0.25, 0.3) is 0 Å². The fourth-order valence-electron chi connectivity index (χ4n) is 1.48. The van der Waals surface area contributed by atoms with Crippen LogP contribution in [0.2, 0.25) is 0 Å². The van der Waals surface area contributed by atoms with Gasteiger partial charge in [-0.15, -0.1) is 11.3 Å². The second-order valence-corrected chi connectivity index (χ2v) is 4.99. The number of aliphatic carboxylic acids is 1. The summed E-state index contributed by atoms with van der Waals surface area (Å²) in [7, 11) is 1.21. The molecule has 7 nitrogen and oxygen atoms in total. The van der Waals surface area contributed by atoms with Crippen LogP contribution in [0.15, 0.2) is 17.5 Å². The highest BCUT2D eigenvalue weighted by atomic mass is 32.1. The number of carboxylic acid groups (broad SMARTS) is 1. The topological polar surface area (TPSA) is 119 Å². The number of hydrogen-bond donors (Lipinski definition) is 3. The van der Waals surface area contributed by atoms with E-state index in [0.717, 1.165) is 0 Å². The maximum absolute atomic E-state index is 11.9. The summed E-state index contributed by atoms with van der Waals surface area (Å²) in [5.41, 5.74) is 5.73. The number of carbonyl (C=O) groups is 3. The molecule has 0 aliphatic carbocycles. The van der Waals surface area contributed by atoms with E-state index in [1.807, 2.05) is 0 Å². The Balaban J connectivity index is 2.59. The van der Waals surface area contributed by atoms with Gasteiger partial charge in [-0.2, -0.15) is 0 Å². The number of rotatable bonds is 7. The summed E-state index contributed by atoms with van der Waals surface area (Å²) in [4.78, 5) is 34.5. The molecule has 1 aromatic rings. The standard InChI is InChI=1S/C12H16N2O5S/c1-19-9(15)5-4-7(12(17)18)14-11(16)10(13)8-3-2-6-20-8/h2-3,6-7,10H,4-5,13H2,1H3,(H,14,16)(H,17,18)/t7-,10?/m0/s1. The second-order valence-electron chi connectivity index (χ2n) is 4.01. The Labute approximate surface area is 119 Å². The van der Waals surface area contributed by atoms with Gasteiger partial charge in [-0.25, -0.2) is 4.79 Å². The maximum Gasteiger partial charge on any atom is 0.326 e. The number of nitrogens with two attached hydrogens (primary N) is 1. The van der Waals surface area contributed by atoms with E-state index in [9.17, 15) is 14.4 Å². The van der Waals surface area contributed by atoms with Crippen molar-refractivity contribution in [2.24, 2.45) is 5.73 Å². The quantitative estimate of drug-likeness (QED) is 0.622. The van der Waals surface area contributed by atoms with Crippen molar-refractivity contribution in [3.8, 4) is 0 Å². The maximum atomic E-state index is 11.9. The third-order valence-electron chi connectivity index (χ3n) is 2.61. The van der Waals surface area contributed by atoms with Crippen LogP contribution in [0.1, 0.15) is 23.8 Å². The normalized spacial score (nSPS) is 13.3. The van der Waals surface area contributed by atoms with Crippen molar-refractivity contribution in [3.63, 3.8) is 0 Å². The largest absolute Gasteiger partial charge is 0.480 e. The Morgan fingerprint density at radius 1 is 1.50 bits per heavy atom. The molecule has 0 bridgehead atoms. The van der Waals surface area contributed by atoms with Gasteiger partial charge in [0.15, 0.2) is 0 Å². The summed E-state index contributed by atoms with van der Waals surface area (Å²) >= 11 is 1.31. The minimum Gasteiger partial charge on any atom is -0.480 e. The van der Waals surface area contributed by atoms with Gasteiger partial charge in [-0.1, -0.05) is 6.07 Å². The molecule has 1 unspecified atom stereocenters. The zero-order valence-corrected chi connectivity index (χ0v) is 11.7. The number of hydrogen-bond acceptors (Lipinski definition) is 6. The predicted molar refractivity (Wildman–Crippen MR) is 72.1 cm³/mol. The summed E-state index contributed by atoms with van der Waals surface area (Å²) in [5, 5.41) is 13.1. The van der Waals surface area contributed by atoms with Crippen molar-refractivity contribution >= 4 is 29.2 Å². The number of nitrogens with one attached hydrogen (secondary N) is 1. The lowest BCUT2D eigenvalue weighted by Crippen LogP contribution is -2.45. The van der Waals surface area contributed by atoms with Gasteiger partial charge in [0, 0.05) is 11.3 Å². The number of carboxylic acids is 1. The second kappa shape index (κ2) is 7.61. The highest BCUT2D eigenvalue weighted by molar-refractivity contribution is 7.10. The molecule has 0 saturated heterocycles. The van der Waals surface area contributed by atoms with Gasteiger partial charge in [0.1, 0.15) is 12.1 Å². The van der Waals surface area contributed by atoms with E-state index in [1.165, 1.54) is 18.4 Å². The molecule has 1 amide bonds. The van der Waals surface area contributed by atoms with Gasteiger partial charge in [0.2, 0.25) is 5.91 Å². The average Bonchev–Trinajstić information content (AvgIpc) is 2.95. The van der Waals surface area contributed by atoms with E-state index in [1.54, 1.807) is 17.5 Å². The molecule has 0 radical (unpaired) electrons. The molecule has 4 N–H and O–H groups in total. The number of esters is 1. The van der Waals surface area contributed by atoms with Crippen LogP contribution in [0.5, 0.6) is 0 Å². The third kappa shape index (κ3) is 4.63. The smallest absolute Gasteiger partial charge is 0.326 e. The Bertz CT molecular complexity index is 474. The van der Waals surface area contributed by atoms with E-state index in [2.05, 4.69) is 10.1 Å². The van der Waals surface area contributed by atoms with Crippen molar-refractivity contribution in [1.82, 2.24) is 5.32 Å². The molecule has 2 atom stereocenters. The van der Waals surface area contributed by atoms with Crippen molar-refractivity contribution in [2.45, 2.75) is 24.9 Å². The molecule has 0 fully saturated rings. The molecule has 1 aromatic heterocycles. The van der Waals surface area contributed by atoms with Gasteiger partial charge in [-0.3, -0.25) is 9.59 Å². The average molecular weight is 300 g/mol. The first kappa shape index (κ1) is 16.1. The fourth-order valence-corrected chi connectivity index (χ4v) is 2.21. The number of amides is 1. The summed E-state index contributed by atoms with van der Waals surface area (Å²) in [6.07, 6.45) is -0.146. The highest BCUT2D eigenvalue weighted by Crippen LogP contribution is 2.17. The van der Waals surface area contributed by atoms with Crippen molar-refractivity contribution in [2.75, 3.05) is 7.11 Å². The zero-order chi connectivity index (χ0) is 15.1. The Kier molecular flexibility index (Phi) is 6.13. The minimum atomic E-state index is -1.22. The monoisotopic (exact) mass is 300 g/mol. The lowest BCUT2D eigenvalue weighted by molar-refractivity contribution is -0.144. The molecule has 20 heavy (non-hydrogen) atoms. The first-order valence-corrected chi connectivity index (χ1v) is 6.72. The van der Waals surface area contributed by atoms with Gasteiger partial charge in [-0.05, 0) is 17.9 Å². The van der Waals surface area contributed by atoms with Crippen molar-refractivity contribution in [1.29, 1.82) is 0 Å². The fraction of sp³-hybridized carbons (Fsp3) is 0.417. The van der Waals surface area contributed by atoms with Crippen LogP contribution in [0.3, 0.4) is 0 Å². The Morgan fingerprint density at radius 3 is 2.70 bits per heavy atom. The molecule has 0 spiro atoms. The van der Waals surface area contributed by atoms with Crippen LogP contribution in [0, 0.1) is 0 Å². The third-order valence-corrected chi connectivity index (χ3v) is 3.57. The lowest BCUT2D eigenvalue weighted by atomic mass is 10.1. The first-order valence-electron chi connectivity index (χ1n) is 5.84. The summed E-state index contributed by atoms with van der Waals surface area (Å²) < 4.78 is 4.42. The van der Waals surface area contributed by atoms with Gasteiger partial charge >= 0.3 is 11.9 Å². The van der Waals surface area contributed by atoms with E-state index in [-0.39, 0.29) is 12.8 Å². The summed E-state index contributed by atoms with van der Waals surface area (Å²) in [5.74, 6) is -2.35. The number of ether oxygens (including phenoxy) is 1. The molecule has 0 saturated carbocycles. The number of carbonyl (C=O) groups excluding carboxylic acids is 2.